The topological polar surface area (TPSA) is 54.4 Å². The zero-order chi connectivity index (χ0) is 13.5. The predicted octanol–water partition coefficient (Wildman–Crippen LogP) is 2.41. The number of nitrogens with zero attached hydrogens (tertiary/aromatic N) is 2. The molecule has 4 heteroatoms. The van der Waals surface area contributed by atoms with Gasteiger partial charge in [0, 0.05) is 18.0 Å². The highest BCUT2D eigenvalue weighted by molar-refractivity contribution is 5.94. The number of benzene rings is 1. The second-order valence-electron chi connectivity index (χ2n) is 4.03. The van der Waals surface area contributed by atoms with E-state index in [1.54, 1.807) is 30.7 Å². The summed E-state index contributed by atoms with van der Waals surface area (Å²) in [6.45, 7) is 2.11. The van der Waals surface area contributed by atoms with Gasteiger partial charge < -0.3 is 0 Å². The first-order valence-electron chi connectivity index (χ1n) is 6.12. The molecule has 0 aliphatic carbocycles. The average Bonchev–Trinajstić information content (AvgIpc) is 2.49. The van der Waals surface area contributed by atoms with Crippen LogP contribution in [0.3, 0.4) is 0 Å². The lowest BCUT2D eigenvalue weighted by Crippen LogP contribution is -2.17. The molecule has 0 atom stereocenters. The lowest BCUT2D eigenvalue weighted by Gasteiger charge is -1.99. The molecule has 1 heterocycles. The maximum absolute atomic E-state index is 11.7. The summed E-state index contributed by atoms with van der Waals surface area (Å²) in [5.41, 5.74) is 5.24. The van der Waals surface area contributed by atoms with E-state index in [2.05, 4.69) is 22.4 Å². The first-order chi connectivity index (χ1) is 9.29. The molecule has 0 radical (unpaired) electrons. The van der Waals surface area contributed by atoms with Crippen molar-refractivity contribution >= 4 is 12.1 Å². The van der Waals surface area contributed by atoms with Gasteiger partial charge in [0.2, 0.25) is 0 Å². The standard InChI is InChI=1S/C15H15N3O/c1-2-12-3-5-13(6-4-12)11-17-18-15(19)14-7-9-16-10-8-14/h3-11H,2H2,1H3,(H,18,19)/b17-11+. The molecule has 2 aromatic rings. The van der Waals surface area contributed by atoms with Crippen molar-refractivity contribution in [2.24, 2.45) is 5.10 Å². The van der Waals surface area contributed by atoms with Gasteiger partial charge in [-0.15, -0.1) is 0 Å². The molecule has 0 aliphatic rings. The summed E-state index contributed by atoms with van der Waals surface area (Å²) in [4.78, 5) is 15.5. The first kappa shape index (κ1) is 13.0. The van der Waals surface area contributed by atoms with Gasteiger partial charge in [-0.25, -0.2) is 5.43 Å². The summed E-state index contributed by atoms with van der Waals surface area (Å²) in [5.74, 6) is -0.246. The molecule has 1 aromatic carbocycles. The number of hydrazone groups is 1. The van der Waals surface area contributed by atoms with Gasteiger partial charge in [0.1, 0.15) is 0 Å². The number of carbonyl (C=O) groups is 1. The summed E-state index contributed by atoms with van der Waals surface area (Å²) >= 11 is 0. The molecule has 1 amide bonds. The van der Waals surface area contributed by atoms with Crippen LogP contribution in [-0.2, 0) is 6.42 Å². The Labute approximate surface area is 112 Å². The van der Waals surface area contributed by atoms with Crippen LogP contribution in [0.25, 0.3) is 0 Å². The third-order valence-electron chi connectivity index (χ3n) is 2.71. The lowest BCUT2D eigenvalue weighted by atomic mass is 10.1. The maximum atomic E-state index is 11.7. The van der Waals surface area contributed by atoms with Crippen LogP contribution < -0.4 is 5.43 Å². The normalized spacial score (nSPS) is 10.6. The molecule has 0 saturated carbocycles. The highest BCUT2D eigenvalue weighted by Crippen LogP contribution is 2.02. The van der Waals surface area contributed by atoms with E-state index in [1.165, 1.54) is 5.56 Å². The molecular weight excluding hydrogens is 238 g/mol. The van der Waals surface area contributed by atoms with Crippen molar-refractivity contribution in [1.29, 1.82) is 0 Å². The fourth-order valence-corrected chi connectivity index (χ4v) is 1.57. The number of aryl methyl sites for hydroxylation is 1. The molecule has 0 fully saturated rings. The van der Waals surface area contributed by atoms with E-state index < -0.39 is 0 Å². The maximum Gasteiger partial charge on any atom is 0.271 e. The fraction of sp³-hybridized carbons (Fsp3) is 0.133. The number of pyridine rings is 1. The summed E-state index contributed by atoms with van der Waals surface area (Å²) < 4.78 is 0. The molecule has 1 aromatic heterocycles. The predicted molar refractivity (Wildman–Crippen MR) is 75.1 cm³/mol. The minimum atomic E-state index is -0.246. The third kappa shape index (κ3) is 3.74. The Morgan fingerprint density at radius 3 is 2.53 bits per heavy atom. The van der Waals surface area contributed by atoms with Crippen LogP contribution in [0.4, 0.5) is 0 Å². The highest BCUT2D eigenvalue weighted by Gasteiger charge is 2.01. The summed E-state index contributed by atoms with van der Waals surface area (Å²) in [7, 11) is 0. The number of amides is 1. The highest BCUT2D eigenvalue weighted by atomic mass is 16.2. The minimum Gasteiger partial charge on any atom is -0.267 e. The van der Waals surface area contributed by atoms with Crippen molar-refractivity contribution in [3.8, 4) is 0 Å². The van der Waals surface area contributed by atoms with Crippen LogP contribution in [-0.4, -0.2) is 17.1 Å². The Morgan fingerprint density at radius 2 is 1.89 bits per heavy atom. The molecule has 2 rings (SSSR count). The molecule has 19 heavy (non-hydrogen) atoms. The van der Waals surface area contributed by atoms with Crippen molar-refractivity contribution in [3.05, 3.63) is 65.5 Å². The van der Waals surface area contributed by atoms with E-state index in [1.807, 2.05) is 24.3 Å². The number of hydrogen-bond donors (Lipinski definition) is 1. The number of carbonyl (C=O) groups excluding carboxylic acids is 1. The smallest absolute Gasteiger partial charge is 0.267 e. The van der Waals surface area contributed by atoms with Gasteiger partial charge in [-0.1, -0.05) is 31.2 Å². The molecular formula is C15H15N3O. The molecule has 0 spiro atoms. The Bertz CT molecular complexity index is 562. The fourth-order valence-electron chi connectivity index (χ4n) is 1.57. The zero-order valence-corrected chi connectivity index (χ0v) is 10.7. The second-order valence-corrected chi connectivity index (χ2v) is 4.03. The molecule has 4 nitrogen and oxygen atoms in total. The number of rotatable bonds is 4. The van der Waals surface area contributed by atoms with Crippen LogP contribution >= 0.6 is 0 Å². The van der Waals surface area contributed by atoms with E-state index in [4.69, 9.17) is 0 Å². The van der Waals surface area contributed by atoms with Gasteiger partial charge in [0.15, 0.2) is 0 Å². The van der Waals surface area contributed by atoms with Crippen LogP contribution in [0.5, 0.6) is 0 Å². The van der Waals surface area contributed by atoms with E-state index in [0.717, 1.165) is 12.0 Å². The summed E-state index contributed by atoms with van der Waals surface area (Å²) in [6, 6.07) is 11.3. The Morgan fingerprint density at radius 1 is 1.21 bits per heavy atom. The van der Waals surface area contributed by atoms with E-state index >= 15 is 0 Å². The summed E-state index contributed by atoms with van der Waals surface area (Å²) in [6.07, 6.45) is 5.78. The molecule has 0 aliphatic heterocycles. The average molecular weight is 253 g/mol. The third-order valence-corrected chi connectivity index (χ3v) is 2.71. The van der Waals surface area contributed by atoms with Gasteiger partial charge in [-0.05, 0) is 29.7 Å². The Hall–Kier alpha value is -2.49. The molecule has 0 bridgehead atoms. The van der Waals surface area contributed by atoms with Crippen molar-refractivity contribution in [2.75, 3.05) is 0 Å². The summed E-state index contributed by atoms with van der Waals surface area (Å²) in [5, 5.41) is 3.93. The second kappa shape index (κ2) is 6.44. The van der Waals surface area contributed by atoms with Crippen LogP contribution in [0.1, 0.15) is 28.4 Å². The quantitative estimate of drug-likeness (QED) is 0.672. The Kier molecular flexibility index (Phi) is 4.39. The first-order valence-corrected chi connectivity index (χ1v) is 6.12. The van der Waals surface area contributed by atoms with Gasteiger partial charge >= 0.3 is 0 Å². The largest absolute Gasteiger partial charge is 0.271 e. The minimum absolute atomic E-state index is 0.246. The van der Waals surface area contributed by atoms with Crippen LogP contribution in [0.2, 0.25) is 0 Å². The SMILES string of the molecule is CCc1ccc(/C=N/NC(=O)c2ccncc2)cc1. The lowest BCUT2D eigenvalue weighted by molar-refractivity contribution is 0.0955. The number of aromatic nitrogens is 1. The number of nitrogens with one attached hydrogen (secondary N) is 1. The van der Waals surface area contributed by atoms with E-state index in [9.17, 15) is 4.79 Å². The van der Waals surface area contributed by atoms with Crippen molar-refractivity contribution in [2.45, 2.75) is 13.3 Å². The van der Waals surface area contributed by atoms with Crippen molar-refractivity contribution in [1.82, 2.24) is 10.4 Å². The van der Waals surface area contributed by atoms with Gasteiger partial charge in [-0.2, -0.15) is 5.10 Å². The van der Waals surface area contributed by atoms with Gasteiger partial charge in [0.25, 0.3) is 5.91 Å². The van der Waals surface area contributed by atoms with Crippen molar-refractivity contribution < 1.29 is 4.79 Å². The van der Waals surface area contributed by atoms with Crippen LogP contribution in [0, 0.1) is 0 Å². The molecule has 96 valence electrons. The molecule has 0 unspecified atom stereocenters. The van der Waals surface area contributed by atoms with Gasteiger partial charge in [-0.3, -0.25) is 9.78 Å². The van der Waals surface area contributed by atoms with Gasteiger partial charge in [0.05, 0.1) is 6.21 Å². The van der Waals surface area contributed by atoms with E-state index in [-0.39, 0.29) is 5.91 Å². The number of hydrogen-bond acceptors (Lipinski definition) is 3. The van der Waals surface area contributed by atoms with E-state index in [0.29, 0.717) is 5.56 Å². The monoisotopic (exact) mass is 253 g/mol. The molecule has 1 N–H and O–H groups in total. The Balaban J connectivity index is 1.94. The van der Waals surface area contributed by atoms with Crippen LogP contribution in [0.15, 0.2) is 53.9 Å². The molecule has 0 saturated heterocycles. The zero-order valence-electron chi connectivity index (χ0n) is 10.7. The van der Waals surface area contributed by atoms with Crippen molar-refractivity contribution in [3.63, 3.8) is 0 Å².